The Morgan fingerprint density at radius 1 is 1.10 bits per heavy atom. The Hall–Kier alpha value is -3.72. The van der Waals surface area contributed by atoms with Gasteiger partial charge in [-0.15, -0.1) is 11.3 Å². The number of benzene rings is 2. The summed E-state index contributed by atoms with van der Waals surface area (Å²) in [6.45, 7) is 0.674. The first-order valence-electron chi connectivity index (χ1n) is 9.42. The van der Waals surface area contributed by atoms with Crippen molar-refractivity contribution in [2.24, 2.45) is 0 Å². The van der Waals surface area contributed by atoms with Gasteiger partial charge in [-0.1, -0.05) is 18.2 Å². The highest BCUT2D eigenvalue weighted by Gasteiger charge is 2.15. The summed E-state index contributed by atoms with van der Waals surface area (Å²) >= 11 is 1.45. The van der Waals surface area contributed by atoms with Crippen LogP contribution < -0.4 is 9.47 Å². The molecule has 0 amide bonds. The summed E-state index contributed by atoms with van der Waals surface area (Å²) in [5.41, 5.74) is 2.99. The number of carbonyl (C=O) groups excluding carboxylic acids is 1. The predicted octanol–water partition coefficient (Wildman–Crippen LogP) is 3.82. The molecule has 0 spiro atoms. The van der Waals surface area contributed by atoms with Crippen LogP contribution in [0.4, 0.5) is 0 Å². The highest BCUT2D eigenvalue weighted by Crippen LogP contribution is 2.39. The normalized spacial score (nSPS) is 10.6. The molecule has 0 unspecified atom stereocenters. The van der Waals surface area contributed by atoms with Gasteiger partial charge in [0.1, 0.15) is 24.3 Å². The van der Waals surface area contributed by atoms with E-state index in [0.717, 1.165) is 16.1 Å². The molecule has 0 aliphatic rings. The third-order valence-corrected chi connectivity index (χ3v) is 5.46. The van der Waals surface area contributed by atoms with Gasteiger partial charge in [0.2, 0.25) is 0 Å². The van der Waals surface area contributed by atoms with Gasteiger partial charge in [0.15, 0.2) is 11.5 Å². The Morgan fingerprint density at radius 3 is 2.65 bits per heavy atom. The standard InChI is InChI=1S/C22H20N4O4S/c1-28-19-5-3-4-18(20(19)29-2)21-25-17(12-31-21)11-30-22(27)16-8-6-15(7-9-16)10-26-14-23-13-24-26/h3-9,12-14H,10-11H2,1-2H3. The number of esters is 1. The first kappa shape index (κ1) is 20.5. The van der Waals surface area contributed by atoms with E-state index in [9.17, 15) is 4.79 Å². The number of ether oxygens (including phenoxy) is 3. The number of nitrogens with zero attached hydrogens (tertiary/aromatic N) is 4. The molecule has 9 heteroatoms. The molecule has 0 N–H and O–H groups in total. The van der Waals surface area contributed by atoms with E-state index in [-0.39, 0.29) is 6.61 Å². The van der Waals surface area contributed by atoms with Gasteiger partial charge in [-0.3, -0.25) is 0 Å². The molecule has 0 aliphatic heterocycles. The average Bonchev–Trinajstić information content (AvgIpc) is 3.49. The minimum absolute atomic E-state index is 0.0856. The zero-order chi connectivity index (χ0) is 21.6. The first-order chi connectivity index (χ1) is 15.2. The Kier molecular flexibility index (Phi) is 6.23. The Morgan fingerprint density at radius 2 is 1.94 bits per heavy atom. The summed E-state index contributed by atoms with van der Waals surface area (Å²) in [6.07, 6.45) is 3.13. The second kappa shape index (κ2) is 9.40. The van der Waals surface area contributed by atoms with Gasteiger partial charge in [0, 0.05) is 5.38 Å². The molecule has 4 rings (SSSR count). The molecule has 8 nitrogen and oxygen atoms in total. The third-order valence-electron chi connectivity index (χ3n) is 4.54. The van der Waals surface area contributed by atoms with E-state index >= 15 is 0 Å². The van der Waals surface area contributed by atoms with Crippen LogP contribution in [-0.2, 0) is 17.9 Å². The summed E-state index contributed by atoms with van der Waals surface area (Å²) in [4.78, 5) is 20.9. The van der Waals surface area contributed by atoms with Gasteiger partial charge >= 0.3 is 5.97 Å². The van der Waals surface area contributed by atoms with Crippen molar-refractivity contribution < 1.29 is 19.0 Å². The maximum atomic E-state index is 12.4. The predicted molar refractivity (Wildman–Crippen MR) is 115 cm³/mol. The molecule has 4 aromatic rings. The van der Waals surface area contributed by atoms with Crippen molar-refractivity contribution >= 4 is 17.3 Å². The first-order valence-corrected chi connectivity index (χ1v) is 10.3. The number of aromatic nitrogens is 4. The number of rotatable bonds is 8. The van der Waals surface area contributed by atoms with Crippen molar-refractivity contribution in [2.75, 3.05) is 14.2 Å². The third kappa shape index (κ3) is 4.72. The summed E-state index contributed by atoms with van der Waals surface area (Å²) in [5.74, 6) is 0.852. The quantitative estimate of drug-likeness (QED) is 0.388. The minimum atomic E-state index is -0.402. The maximum absolute atomic E-state index is 12.4. The van der Waals surface area contributed by atoms with Crippen molar-refractivity contribution in [1.82, 2.24) is 19.7 Å². The van der Waals surface area contributed by atoms with Crippen LogP contribution in [0.15, 0.2) is 60.5 Å². The molecule has 0 bridgehead atoms. The lowest BCUT2D eigenvalue weighted by Crippen LogP contribution is -2.06. The number of carbonyl (C=O) groups is 1. The lowest BCUT2D eigenvalue weighted by Gasteiger charge is -2.10. The van der Waals surface area contributed by atoms with Crippen LogP contribution >= 0.6 is 11.3 Å². The van der Waals surface area contributed by atoms with Crippen LogP contribution in [0.3, 0.4) is 0 Å². The van der Waals surface area contributed by atoms with Crippen molar-refractivity contribution in [3.8, 4) is 22.1 Å². The van der Waals surface area contributed by atoms with Crippen molar-refractivity contribution in [2.45, 2.75) is 13.2 Å². The van der Waals surface area contributed by atoms with Gasteiger partial charge in [-0.2, -0.15) is 5.10 Å². The van der Waals surface area contributed by atoms with Crippen LogP contribution in [-0.4, -0.2) is 39.9 Å². The van der Waals surface area contributed by atoms with Gasteiger partial charge in [-0.25, -0.2) is 19.4 Å². The second-order valence-corrected chi connectivity index (χ2v) is 7.41. The van der Waals surface area contributed by atoms with E-state index in [2.05, 4.69) is 15.1 Å². The van der Waals surface area contributed by atoms with Crippen LogP contribution in [0.5, 0.6) is 11.5 Å². The van der Waals surface area contributed by atoms with Crippen LogP contribution in [0, 0.1) is 0 Å². The van der Waals surface area contributed by atoms with E-state index in [1.165, 1.54) is 17.7 Å². The van der Waals surface area contributed by atoms with Gasteiger partial charge in [-0.05, 0) is 29.8 Å². The number of hydrogen-bond acceptors (Lipinski definition) is 8. The molecule has 0 saturated carbocycles. The molecule has 2 aromatic carbocycles. The van der Waals surface area contributed by atoms with Crippen molar-refractivity contribution in [1.29, 1.82) is 0 Å². The zero-order valence-electron chi connectivity index (χ0n) is 17.0. The van der Waals surface area contributed by atoms with Gasteiger partial charge < -0.3 is 14.2 Å². The molecule has 31 heavy (non-hydrogen) atoms. The van der Waals surface area contributed by atoms with Crippen LogP contribution in [0.1, 0.15) is 21.6 Å². The van der Waals surface area contributed by atoms with E-state index in [4.69, 9.17) is 14.2 Å². The second-order valence-electron chi connectivity index (χ2n) is 6.55. The van der Waals surface area contributed by atoms with E-state index in [0.29, 0.717) is 29.3 Å². The molecular weight excluding hydrogens is 416 g/mol. The minimum Gasteiger partial charge on any atom is -0.493 e. The number of hydrogen-bond donors (Lipinski definition) is 0. The maximum Gasteiger partial charge on any atom is 0.338 e. The SMILES string of the molecule is COc1cccc(-c2nc(COC(=O)c3ccc(Cn4cncn4)cc3)cs2)c1OC. The van der Waals surface area contributed by atoms with Crippen LogP contribution in [0.2, 0.25) is 0 Å². The highest BCUT2D eigenvalue weighted by atomic mass is 32.1. The average molecular weight is 436 g/mol. The topological polar surface area (TPSA) is 88.4 Å². The summed E-state index contributed by atoms with van der Waals surface area (Å²) < 4.78 is 18.0. The van der Waals surface area contributed by atoms with Crippen molar-refractivity contribution in [3.63, 3.8) is 0 Å². The van der Waals surface area contributed by atoms with Gasteiger partial charge in [0.25, 0.3) is 0 Å². The fourth-order valence-corrected chi connectivity index (χ4v) is 3.85. The molecule has 0 radical (unpaired) electrons. The summed E-state index contributed by atoms with van der Waals surface area (Å²) in [6, 6.07) is 12.8. The summed E-state index contributed by atoms with van der Waals surface area (Å²) in [7, 11) is 3.18. The molecule has 0 fully saturated rings. The number of para-hydroxylation sites is 1. The smallest absolute Gasteiger partial charge is 0.338 e. The molecule has 158 valence electrons. The van der Waals surface area contributed by atoms with E-state index in [1.807, 2.05) is 35.7 Å². The van der Waals surface area contributed by atoms with E-state index in [1.54, 1.807) is 37.4 Å². The monoisotopic (exact) mass is 436 g/mol. The molecular formula is C22H20N4O4S. The zero-order valence-corrected chi connectivity index (χ0v) is 17.8. The number of methoxy groups -OCH3 is 2. The molecule has 2 aromatic heterocycles. The van der Waals surface area contributed by atoms with E-state index < -0.39 is 5.97 Å². The fraction of sp³-hybridized carbons (Fsp3) is 0.182. The molecule has 2 heterocycles. The Labute approximate surface area is 183 Å². The largest absolute Gasteiger partial charge is 0.493 e. The molecule has 0 atom stereocenters. The fourth-order valence-electron chi connectivity index (χ4n) is 3.02. The highest BCUT2D eigenvalue weighted by molar-refractivity contribution is 7.13. The summed E-state index contributed by atoms with van der Waals surface area (Å²) in [5, 5.41) is 6.70. The lowest BCUT2D eigenvalue weighted by molar-refractivity contribution is 0.0468. The van der Waals surface area contributed by atoms with Crippen LogP contribution in [0.25, 0.3) is 10.6 Å². The number of thiazole rings is 1. The lowest BCUT2D eigenvalue weighted by atomic mass is 10.1. The molecule has 0 saturated heterocycles. The van der Waals surface area contributed by atoms with Crippen molar-refractivity contribution in [3.05, 3.63) is 77.3 Å². The Bertz CT molecular complexity index is 1160. The van der Waals surface area contributed by atoms with Gasteiger partial charge in [0.05, 0.1) is 37.6 Å². The Balaban J connectivity index is 1.39. The molecule has 0 aliphatic carbocycles.